The van der Waals surface area contributed by atoms with Gasteiger partial charge < -0.3 is 11.1 Å². The fraction of sp³-hybridized carbons (Fsp3) is 0.182. The molecule has 1 aromatic heterocycles. The molecule has 8 heteroatoms. The maximum Gasteiger partial charge on any atom is 0.256 e. The summed E-state index contributed by atoms with van der Waals surface area (Å²) >= 11 is 4.81. The van der Waals surface area contributed by atoms with Gasteiger partial charge in [0, 0.05) is 34.5 Å². The van der Waals surface area contributed by atoms with E-state index >= 15 is 0 Å². The third-order valence-corrected chi connectivity index (χ3v) is 6.63. The number of anilines is 1. The lowest BCUT2D eigenvalue weighted by molar-refractivity contribution is 0.0999. The van der Waals surface area contributed by atoms with Gasteiger partial charge in [-0.15, -0.1) is 23.7 Å². The van der Waals surface area contributed by atoms with E-state index in [0.29, 0.717) is 16.1 Å². The highest BCUT2D eigenvalue weighted by Crippen LogP contribution is 2.37. The van der Waals surface area contributed by atoms with Gasteiger partial charge in [-0.05, 0) is 41.8 Å². The molecule has 0 fully saturated rings. The molecule has 0 radical (unpaired) electrons. The number of hydrogen-bond donors (Lipinski definition) is 2. The number of rotatable bonds is 5. The Kier molecular flexibility index (Phi) is 7.31. The van der Waals surface area contributed by atoms with Crippen LogP contribution in [0.5, 0.6) is 0 Å². The molecule has 0 atom stereocenters. The number of nitrogens with zero attached hydrogens (tertiary/aromatic N) is 1. The van der Waals surface area contributed by atoms with Crippen LogP contribution in [-0.2, 0) is 19.5 Å². The van der Waals surface area contributed by atoms with Crippen LogP contribution in [0, 0.1) is 0 Å². The standard InChI is InChI=1S/C22H20BrN3O2S.ClH/c23-16-8-6-15(7-9-16)21(28)25-22-19(20(24)27)17-10-11-26(13-18(17)29-22)12-14-4-2-1-3-5-14;/h1-9H,10-13H2,(H2,24,27)(H,25,28);1H. The van der Waals surface area contributed by atoms with Crippen LogP contribution in [0.3, 0.4) is 0 Å². The highest BCUT2D eigenvalue weighted by atomic mass is 79.9. The monoisotopic (exact) mass is 505 g/mol. The molecule has 2 heterocycles. The number of benzene rings is 2. The van der Waals surface area contributed by atoms with E-state index < -0.39 is 5.91 Å². The first-order valence-electron chi connectivity index (χ1n) is 9.29. The number of carbonyl (C=O) groups excluding carboxylic acids is 2. The Morgan fingerprint density at radius 1 is 1.10 bits per heavy atom. The van der Waals surface area contributed by atoms with Crippen molar-refractivity contribution < 1.29 is 9.59 Å². The fourth-order valence-electron chi connectivity index (χ4n) is 3.56. The molecular weight excluding hydrogens is 486 g/mol. The largest absolute Gasteiger partial charge is 0.365 e. The highest BCUT2D eigenvalue weighted by Gasteiger charge is 2.27. The lowest BCUT2D eigenvalue weighted by Crippen LogP contribution is -2.30. The van der Waals surface area contributed by atoms with Crippen LogP contribution in [-0.4, -0.2) is 23.3 Å². The van der Waals surface area contributed by atoms with Crippen molar-refractivity contribution in [2.45, 2.75) is 19.5 Å². The lowest BCUT2D eigenvalue weighted by Gasteiger charge is -2.27. The summed E-state index contributed by atoms with van der Waals surface area (Å²) in [7, 11) is 0. The summed E-state index contributed by atoms with van der Waals surface area (Å²) in [6.45, 7) is 2.44. The SMILES string of the molecule is Cl.NC(=O)c1c(NC(=O)c2ccc(Br)cc2)sc2c1CCN(Cc1ccccc1)C2. The molecule has 0 aliphatic carbocycles. The minimum absolute atomic E-state index is 0. The second-order valence-corrected chi connectivity index (χ2v) is 9.00. The maximum absolute atomic E-state index is 12.6. The number of fused-ring (bicyclic) bond motifs is 1. The van der Waals surface area contributed by atoms with Gasteiger partial charge in [-0.2, -0.15) is 0 Å². The van der Waals surface area contributed by atoms with E-state index in [1.54, 1.807) is 12.1 Å². The molecule has 5 nitrogen and oxygen atoms in total. The molecule has 0 spiro atoms. The first-order valence-corrected chi connectivity index (χ1v) is 10.9. The number of nitrogens with two attached hydrogens (primary N) is 1. The topological polar surface area (TPSA) is 75.4 Å². The van der Waals surface area contributed by atoms with Crippen LogP contribution >= 0.6 is 39.7 Å². The van der Waals surface area contributed by atoms with Crippen molar-refractivity contribution in [2.75, 3.05) is 11.9 Å². The van der Waals surface area contributed by atoms with Crippen molar-refractivity contribution in [1.29, 1.82) is 0 Å². The molecule has 0 bridgehead atoms. The highest BCUT2D eigenvalue weighted by molar-refractivity contribution is 9.10. The molecule has 0 unspecified atom stereocenters. The minimum Gasteiger partial charge on any atom is -0.365 e. The van der Waals surface area contributed by atoms with Gasteiger partial charge in [0.1, 0.15) is 5.00 Å². The zero-order valence-corrected chi connectivity index (χ0v) is 19.3. The molecule has 2 aromatic carbocycles. The predicted molar refractivity (Wildman–Crippen MR) is 126 cm³/mol. The van der Waals surface area contributed by atoms with Gasteiger partial charge in [-0.1, -0.05) is 46.3 Å². The van der Waals surface area contributed by atoms with Crippen molar-refractivity contribution in [1.82, 2.24) is 4.90 Å². The number of nitrogens with one attached hydrogen (secondary N) is 1. The van der Waals surface area contributed by atoms with Crippen LogP contribution in [0.25, 0.3) is 0 Å². The second kappa shape index (κ2) is 9.75. The Labute approximate surface area is 193 Å². The molecule has 30 heavy (non-hydrogen) atoms. The van der Waals surface area contributed by atoms with E-state index in [9.17, 15) is 9.59 Å². The zero-order valence-electron chi connectivity index (χ0n) is 16.1. The van der Waals surface area contributed by atoms with Gasteiger partial charge in [0.25, 0.3) is 11.8 Å². The normalized spacial score (nSPS) is 13.2. The van der Waals surface area contributed by atoms with Crippen LogP contribution in [0.1, 0.15) is 36.7 Å². The molecule has 156 valence electrons. The van der Waals surface area contributed by atoms with E-state index in [-0.39, 0.29) is 18.3 Å². The van der Waals surface area contributed by atoms with Gasteiger partial charge in [0.15, 0.2) is 0 Å². The van der Waals surface area contributed by atoms with Crippen molar-refractivity contribution >= 4 is 56.5 Å². The van der Waals surface area contributed by atoms with Crippen LogP contribution in [0.15, 0.2) is 59.1 Å². The smallest absolute Gasteiger partial charge is 0.256 e. The molecule has 1 aliphatic rings. The van der Waals surface area contributed by atoms with Crippen LogP contribution < -0.4 is 11.1 Å². The lowest BCUT2D eigenvalue weighted by atomic mass is 10.0. The number of primary amides is 1. The average Bonchev–Trinajstić information content (AvgIpc) is 3.06. The Hall–Kier alpha value is -2.19. The van der Waals surface area contributed by atoms with E-state index in [2.05, 4.69) is 38.3 Å². The molecule has 1 aliphatic heterocycles. The van der Waals surface area contributed by atoms with Gasteiger partial charge >= 0.3 is 0 Å². The molecule has 3 aromatic rings. The number of carbonyl (C=O) groups is 2. The van der Waals surface area contributed by atoms with E-state index in [4.69, 9.17) is 5.73 Å². The van der Waals surface area contributed by atoms with Gasteiger partial charge in [-0.3, -0.25) is 14.5 Å². The van der Waals surface area contributed by atoms with Gasteiger partial charge in [-0.25, -0.2) is 0 Å². The molecule has 2 amide bonds. The summed E-state index contributed by atoms with van der Waals surface area (Å²) in [4.78, 5) is 28.2. The summed E-state index contributed by atoms with van der Waals surface area (Å²) in [5.41, 5.74) is 8.88. The first kappa shape index (κ1) is 22.5. The maximum atomic E-state index is 12.6. The van der Waals surface area contributed by atoms with Crippen molar-refractivity contribution in [3.63, 3.8) is 0 Å². The summed E-state index contributed by atoms with van der Waals surface area (Å²) in [6, 6.07) is 17.4. The molecule has 4 rings (SSSR count). The minimum atomic E-state index is -0.495. The Bertz CT molecular complexity index is 1050. The average molecular weight is 507 g/mol. The van der Waals surface area contributed by atoms with Crippen LogP contribution in [0.2, 0.25) is 0 Å². The summed E-state index contributed by atoms with van der Waals surface area (Å²) < 4.78 is 0.900. The van der Waals surface area contributed by atoms with E-state index in [1.807, 2.05) is 30.3 Å². The zero-order chi connectivity index (χ0) is 20.4. The van der Waals surface area contributed by atoms with Gasteiger partial charge in [0.2, 0.25) is 0 Å². The summed E-state index contributed by atoms with van der Waals surface area (Å²) in [6.07, 6.45) is 0.741. The molecular formula is C22H21BrClN3O2S. The predicted octanol–water partition coefficient (Wildman–Crippen LogP) is 4.84. The second-order valence-electron chi connectivity index (χ2n) is 6.98. The number of thiophene rings is 1. The van der Waals surface area contributed by atoms with Crippen molar-refractivity contribution in [2.24, 2.45) is 5.73 Å². The number of amides is 2. The number of hydrogen-bond acceptors (Lipinski definition) is 4. The quantitative estimate of drug-likeness (QED) is 0.520. The fourth-order valence-corrected chi connectivity index (χ4v) is 5.11. The van der Waals surface area contributed by atoms with Crippen LogP contribution in [0.4, 0.5) is 5.00 Å². The first-order chi connectivity index (χ1) is 14.0. The van der Waals surface area contributed by atoms with Crippen molar-refractivity contribution in [3.8, 4) is 0 Å². The third kappa shape index (κ3) is 4.92. The Morgan fingerprint density at radius 2 is 1.80 bits per heavy atom. The van der Waals surface area contributed by atoms with E-state index in [1.165, 1.54) is 16.9 Å². The van der Waals surface area contributed by atoms with Gasteiger partial charge in [0.05, 0.1) is 5.56 Å². The molecule has 0 saturated heterocycles. The molecule has 3 N–H and O–H groups in total. The Balaban J connectivity index is 0.00000256. The summed E-state index contributed by atoms with van der Waals surface area (Å²) in [5.74, 6) is -0.746. The molecule has 0 saturated carbocycles. The van der Waals surface area contributed by atoms with E-state index in [0.717, 1.165) is 41.0 Å². The Morgan fingerprint density at radius 3 is 2.47 bits per heavy atom. The number of halogens is 2. The van der Waals surface area contributed by atoms with Crippen molar-refractivity contribution in [3.05, 3.63) is 86.2 Å². The third-order valence-electron chi connectivity index (χ3n) is 4.96. The summed E-state index contributed by atoms with van der Waals surface area (Å²) in [5, 5.41) is 3.43.